The van der Waals surface area contributed by atoms with Crippen LogP contribution in [-0.4, -0.2) is 50.1 Å². The molecule has 27 heavy (non-hydrogen) atoms. The number of likely N-dealkylation sites (tertiary alicyclic amines) is 1. The maximum atomic E-state index is 13.1. The zero-order valence-electron chi connectivity index (χ0n) is 15.2. The topological polar surface area (TPSA) is 86.7 Å². The highest BCUT2D eigenvalue weighted by Gasteiger charge is 2.37. The molecule has 1 heterocycles. The smallest absolute Gasteiger partial charge is 0.255 e. The number of rotatable bonds is 6. The maximum Gasteiger partial charge on any atom is 0.255 e. The molecule has 1 aliphatic heterocycles. The quantitative estimate of drug-likeness (QED) is 0.719. The average Bonchev–Trinajstić information content (AvgIpc) is 3.44. The molecule has 2 fully saturated rings. The molecule has 2 N–H and O–H groups in total. The van der Waals surface area contributed by atoms with Crippen molar-refractivity contribution in [2.75, 3.05) is 19.7 Å². The fraction of sp³-hybridized carbons (Fsp3) is 0.611. The SMILES string of the molecule is CC[C@@]1(CO)CCCN(C(=O)c2cc(S(=O)(=O)NC3CC3)c(Cl)cc2Cl)C1. The molecule has 0 bridgehead atoms. The van der Waals surface area contributed by atoms with Crippen LogP contribution in [0.15, 0.2) is 17.0 Å². The van der Waals surface area contributed by atoms with Crippen LogP contribution in [-0.2, 0) is 10.0 Å². The van der Waals surface area contributed by atoms with E-state index in [9.17, 15) is 18.3 Å². The molecular formula is C18H24Cl2N2O4S. The first-order valence-corrected chi connectivity index (χ1v) is 11.4. The Bertz CT molecular complexity index is 836. The molecule has 9 heteroatoms. The van der Waals surface area contributed by atoms with Crippen molar-refractivity contribution in [3.8, 4) is 0 Å². The predicted octanol–water partition coefficient (Wildman–Crippen LogP) is 3.06. The third-order valence-electron chi connectivity index (χ3n) is 5.47. The number of aliphatic hydroxyl groups excluding tert-OH is 1. The second-order valence-corrected chi connectivity index (χ2v) is 10.00. The summed E-state index contributed by atoms with van der Waals surface area (Å²) in [6.07, 6.45) is 3.98. The van der Waals surface area contributed by atoms with E-state index in [1.807, 2.05) is 6.92 Å². The van der Waals surface area contributed by atoms with Gasteiger partial charge in [0.1, 0.15) is 4.90 Å². The lowest BCUT2D eigenvalue weighted by Gasteiger charge is -2.41. The Morgan fingerprint density at radius 3 is 2.63 bits per heavy atom. The number of halogens is 2. The molecule has 1 amide bonds. The van der Waals surface area contributed by atoms with Gasteiger partial charge < -0.3 is 10.0 Å². The van der Waals surface area contributed by atoms with E-state index in [1.165, 1.54) is 12.1 Å². The van der Waals surface area contributed by atoms with Gasteiger partial charge in [-0.15, -0.1) is 0 Å². The lowest BCUT2D eigenvalue weighted by molar-refractivity contribution is 0.0251. The van der Waals surface area contributed by atoms with Crippen LogP contribution in [0.2, 0.25) is 10.0 Å². The molecular weight excluding hydrogens is 411 g/mol. The van der Waals surface area contributed by atoms with Crippen molar-refractivity contribution in [3.05, 3.63) is 27.7 Å². The third kappa shape index (κ3) is 4.43. The van der Waals surface area contributed by atoms with Crippen molar-refractivity contribution in [1.29, 1.82) is 0 Å². The number of carbonyl (C=O) groups excluding carboxylic acids is 1. The van der Waals surface area contributed by atoms with Gasteiger partial charge >= 0.3 is 0 Å². The zero-order valence-corrected chi connectivity index (χ0v) is 17.5. The van der Waals surface area contributed by atoms with E-state index in [1.54, 1.807) is 4.90 Å². The van der Waals surface area contributed by atoms with Crippen LogP contribution in [0, 0.1) is 5.41 Å². The second-order valence-electron chi connectivity index (χ2n) is 7.50. The lowest BCUT2D eigenvalue weighted by atomic mass is 9.78. The highest BCUT2D eigenvalue weighted by atomic mass is 35.5. The minimum atomic E-state index is -3.81. The number of aliphatic hydroxyl groups is 1. The van der Waals surface area contributed by atoms with Crippen LogP contribution in [0.3, 0.4) is 0 Å². The predicted molar refractivity (Wildman–Crippen MR) is 105 cm³/mol. The summed E-state index contributed by atoms with van der Waals surface area (Å²) in [6.45, 7) is 2.96. The molecule has 0 unspecified atom stereocenters. The van der Waals surface area contributed by atoms with Crippen LogP contribution in [0.1, 0.15) is 49.4 Å². The monoisotopic (exact) mass is 434 g/mol. The minimum absolute atomic E-state index is 0.00652. The summed E-state index contributed by atoms with van der Waals surface area (Å²) in [5.74, 6) is -0.342. The van der Waals surface area contributed by atoms with Crippen molar-refractivity contribution >= 4 is 39.1 Å². The van der Waals surface area contributed by atoms with Gasteiger partial charge in [-0.05, 0) is 44.2 Å². The molecule has 150 valence electrons. The van der Waals surface area contributed by atoms with E-state index < -0.39 is 10.0 Å². The first-order chi connectivity index (χ1) is 12.7. The first-order valence-electron chi connectivity index (χ1n) is 9.13. The van der Waals surface area contributed by atoms with Gasteiger partial charge in [0.05, 0.1) is 22.2 Å². The van der Waals surface area contributed by atoms with E-state index in [4.69, 9.17) is 23.2 Å². The van der Waals surface area contributed by atoms with Gasteiger partial charge in [0.15, 0.2) is 0 Å². The molecule has 0 spiro atoms. The molecule has 1 atom stereocenters. The molecule has 6 nitrogen and oxygen atoms in total. The third-order valence-corrected chi connectivity index (χ3v) is 7.77. The molecule has 1 saturated carbocycles. The maximum absolute atomic E-state index is 13.1. The molecule has 1 aliphatic carbocycles. The van der Waals surface area contributed by atoms with Gasteiger partial charge in [0.2, 0.25) is 10.0 Å². The summed E-state index contributed by atoms with van der Waals surface area (Å²) in [6, 6.07) is 2.50. The van der Waals surface area contributed by atoms with E-state index >= 15 is 0 Å². The number of piperidine rings is 1. The van der Waals surface area contributed by atoms with Crippen molar-refractivity contribution in [2.24, 2.45) is 5.41 Å². The Hall–Kier alpha value is -0.860. The van der Waals surface area contributed by atoms with Crippen molar-refractivity contribution in [3.63, 3.8) is 0 Å². The number of carbonyl (C=O) groups is 1. The number of amides is 1. The van der Waals surface area contributed by atoms with Crippen LogP contribution >= 0.6 is 23.2 Å². The fourth-order valence-corrected chi connectivity index (χ4v) is 5.62. The fourth-order valence-electron chi connectivity index (χ4n) is 3.46. The average molecular weight is 435 g/mol. The Balaban J connectivity index is 1.91. The van der Waals surface area contributed by atoms with Crippen LogP contribution < -0.4 is 4.72 Å². The number of nitrogens with one attached hydrogen (secondary N) is 1. The Morgan fingerprint density at radius 1 is 1.33 bits per heavy atom. The molecule has 3 rings (SSSR count). The first kappa shape index (κ1) is 20.9. The zero-order chi connectivity index (χ0) is 19.8. The van der Waals surface area contributed by atoms with Crippen molar-refractivity contribution < 1.29 is 18.3 Å². The van der Waals surface area contributed by atoms with E-state index in [0.29, 0.717) is 13.1 Å². The molecule has 2 aliphatic rings. The highest BCUT2D eigenvalue weighted by Crippen LogP contribution is 2.35. The van der Waals surface area contributed by atoms with E-state index in [0.717, 1.165) is 32.1 Å². The van der Waals surface area contributed by atoms with Gasteiger partial charge in [-0.3, -0.25) is 4.79 Å². The van der Waals surface area contributed by atoms with Crippen molar-refractivity contribution in [1.82, 2.24) is 9.62 Å². The number of hydrogen-bond acceptors (Lipinski definition) is 4. The number of nitrogens with zero attached hydrogens (tertiary/aromatic N) is 1. The lowest BCUT2D eigenvalue weighted by Crippen LogP contribution is -2.47. The van der Waals surface area contributed by atoms with E-state index in [-0.39, 0.29) is 44.5 Å². The molecule has 1 saturated heterocycles. The number of benzene rings is 1. The summed E-state index contributed by atoms with van der Waals surface area (Å²) >= 11 is 12.3. The van der Waals surface area contributed by atoms with Gasteiger partial charge in [-0.1, -0.05) is 30.1 Å². The van der Waals surface area contributed by atoms with Gasteiger partial charge in [0, 0.05) is 24.5 Å². The highest BCUT2D eigenvalue weighted by molar-refractivity contribution is 7.89. The Morgan fingerprint density at radius 2 is 2.04 bits per heavy atom. The van der Waals surface area contributed by atoms with Crippen LogP contribution in [0.5, 0.6) is 0 Å². The molecule has 0 radical (unpaired) electrons. The van der Waals surface area contributed by atoms with Gasteiger partial charge in [-0.25, -0.2) is 13.1 Å². The normalized spacial score (nSPS) is 23.5. The summed E-state index contributed by atoms with van der Waals surface area (Å²) in [4.78, 5) is 14.6. The van der Waals surface area contributed by atoms with Gasteiger partial charge in [-0.2, -0.15) is 0 Å². The van der Waals surface area contributed by atoms with Crippen molar-refractivity contribution in [2.45, 2.75) is 50.0 Å². The molecule has 1 aromatic rings. The van der Waals surface area contributed by atoms with Crippen LogP contribution in [0.4, 0.5) is 0 Å². The molecule has 1 aromatic carbocycles. The Kier molecular flexibility index (Phi) is 6.08. The van der Waals surface area contributed by atoms with Gasteiger partial charge in [0.25, 0.3) is 5.91 Å². The number of hydrogen-bond donors (Lipinski definition) is 2. The summed E-state index contributed by atoms with van der Waals surface area (Å²) < 4.78 is 27.7. The number of sulfonamides is 1. The van der Waals surface area contributed by atoms with Crippen LogP contribution in [0.25, 0.3) is 0 Å². The summed E-state index contributed by atoms with van der Waals surface area (Å²) in [7, 11) is -3.81. The summed E-state index contributed by atoms with van der Waals surface area (Å²) in [5.41, 5.74) is -0.211. The van der Waals surface area contributed by atoms with E-state index in [2.05, 4.69) is 4.72 Å². The summed E-state index contributed by atoms with van der Waals surface area (Å²) in [5, 5.41) is 9.88. The largest absolute Gasteiger partial charge is 0.396 e. The molecule has 0 aromatic heterocycles. The minimum Gasteiger partial charge on any atom is -0.396 e. The standard InChI is InChI=1S/C18H24Cl2N2O4S/c1-2-18(11-23)6-3-7-22(10-18)17(24)13-8-16(15(20)9-14(13)19)27(25,26)21-12-4-5-12/h8-9,12,21,23H,2-7,10-11H2,1H3/t18-/m1/s1. The Labute approximate surface area is 169 Å². The second kappa shape index (κ2) is 7.87.